The van der Waals surface area contributed by atoms with Gasteiger partial charge in [-0.05, 0) is 28.8 Å². The zero-order valence-corrected chi connectivity index (χ0v) is 10.1. The molecular weight excluding hydrogens is 212 g/mol. The van der Waals surface area contributed by atoms with Crippen LogP contribution in [0, 0.1) is 5.92 Å². The summed E-state index contributed by atoms with van der Waals surface area (Å²) in [6, 6.07) is 13.7. The van der Waals surface area contributed by atoms with Crippen LogP contribution >= 0.6 is 0 Å². The Balaban J connectivity index is 2.17. The molecule has 2 aromatic rings. The van der Waals surface area contributed by atoms with Gasteiger partial charge in [0.2, 0.25) is 0 Å². The van der Waals surface area contributed by atoms with E-state index in [-0.39, 0.29) is 5.97 Å². The predicted molar refractivity (Wildman–Crippen MR) is 69.0 cm³/mol. The molecule has 0 atom stereocenters. The average Bonchev–Trinajstić information content (AvgIpc) is 2.27. The summed E-state index contributed by atoms with van der Waals surface area (Å²) in [7, 11) is 0. The van der Waals surface area contributed by atoms with Gasteiger partial charge in [0, 0.05) is 6.42 Å². The zero-order chi connectivity index (χ0) is 12.3. The van der Waals surface area contributed by atoms with Crippen LogP contribution in [0.5, 0.6) is 5.75 Å². The molecule has 0 unspecified atom stereocenters. The number of hydrogen-bond acceptors (Lipinski definition) is 2. The Morgan fingerprint density at radius 3 is 2.53 bits per heavy atom. The van der Waals surface area contributed by atoms with Gasteiger partial charge >= 0.3 is 5.97 Å². The summed E-state index contributed by atoms with van der Waals surface area (Å²) in [4.78, 5) is 11.5. The van der Waals surface area contributed by atoms with E-state index in [1.54, 1.807) is 0 Å². The lowest BCUT2D eigenvalue weighted by atomic mass is 10.1. The second-order valence-electron chi connectivity index (χ2n) is 4.58. The van der Waals surface area contributed by atoms with Gasteiger partial charge in [-0.15, -0.1) is 0 Å². The fourth-order valence-electron chi connectivity index (χ4n) is 1.74. The lowest BCUT2D eigenvalue weighted by Crippen LogP contribution is -2.10. The second kappa shape index (κ2) is 5.00. The van der Waals surface area contributed by atoms with Crippen LogP contribution in [0.2, 0.25) is 0 Å². The molecular formula is C15H16O2. The molecule has 0 amide bonds. The maximum atomic E-state index is 11.5. The van der Waals surface area contributed by atoms with Crippen LogP contribution in [-0.4, -0.2) is 5.97 Å². The Morgan fingerprint density at radius 2 is 1.82 bits per heavy atom. The highest BCUT2D eigenvalue weighted by atomic mass is 16.5. The normalized spacial score (nSPS) is 10.8. The quantitative estimate of drug-likeness (QED) is 0.590. The standard InChI is InChI=1S/C15H16O2/c1-11(2)9-15(16)17-14-8-7-12-5-3-4-6-13(12)10-14/h3-8,10-11H,9H2,1-2H3. The molecule has 0 aliphatic heterocycles. The highest BCUT2D eigenvalue weighted by Gasteiger charge is 2.07. The molecule has 0 N–H and O–H groups in total. The minimum absolute atomic E-state index is 0.171. The van der Waals surface area contributed by atoms with E-state index in [4.69, 9.17) is 4.74 Å². The Bertz CT molecular complexity index is 529. The monoisotopic (exact) mass is 228 g/mol. The van der Waals surface area contributed by atoms with Gasteiger partial charge in [-0.2, -0.15) is 0 Å². The summed E-state index contributed by atoms with van der Waals surface area (Å²) in [5.74, 6) is 0.771. The van der Waals surface area contributed by atoms with Crippen LogP contribution in [0.4, 0.5) is 0 Å². The van der Waals surface area contributed by atoms with Crippen LogP contribution in [0.15, 0.2) is 42.5 Å². The first-order valence-electron chi connectivity index (χ1n) is 5.84. The Labute approximate surface area is 101 Å². The molecule has 0 aliphatic rings. The molecule has 2 aromatic carbocycles. The van der Waals surface area contributed by atoms with E-state index < -0.39 is 0 Å². The van der Waals surface area contributed by atoms with Gasteiger partial charge in [0.1, 0.15) is 5.75 Å². The van der Waals surface area contributed by atoms with Crippen molar-refractivity contribution in [2.75, 3.05) is 0 Å². The second-order valence-corrected chi connectivity index (χ2v) is 4.58. The molecule has 17 heavy (non-hydrogen) atoms. The molecule has 0 saturated heterocycles. The summed E-state index contributed by atoms with van der Waals surface area (Å²) in [5.41, 5.74) is 0. The van der Waals surface area contributed by atoms with Crippen LogP contribution in [-0.2, 0) is 4.79 Å². The number of rotatable bonds is 3. The molecule has 0 saturated carbocycles. The van der Waals surface area contributed by atoms with E-state index in [2.05, 4.69) is 0 Å². The predicted octanol–water partition coefficient (Wildman–Crippen LogP) is 3.79. The van der Waals surface area contributed by atoms with Gasteiger partial charge in [0.15, 0.2) is 0 Å². The summed E-state index contributed by atoms with van der Waals surface area (Å²) in [6.45, 7) is 4.00. The maximum Gasteiger partial charge on any atom is 0.311 e. The van der Waals surface area contributed by atoms with Crippen molar-refractivity contribution < 1.29 is 9.53 Å². The summed E-state index contributed by atoms with van der Waals surface area (Å²) < 4.78 is 5.29. The van der Waals surface area contributed by atoms with E-state index >= 15 is 0 Å². The largest absolute Gasteiger partial charge is 0.426 e. The average molecular weight is 228 g/mol. The van der Waals surface area contributed by atoms with Gasteiger partial charge in [-0.25, -0.2) is 0 Å². The first kappa shape index (κ1) is 11.6. The van der Waals surface area contributed by atoms with Crippen molar-refractivity contribution in [1.29, 1.82) is 0 Å². The number of carbonyl (C=O) groups is 1. The van der Waals surface area contributed by atoms with E-state index in [1.807, 2.05) is 56.3 Å². The van der Waals surface area contributed by atoms with Crippen molar-refractivity contribution in [3.05, 3.63) is 42.5 Å². The first-order valence-corrected chi connectivity index (χ1v) is 5.84. The van der Waals surface area contributed by atoms with Gasteiger partial charge in [-0.1, -0.05) is 44.2 Å². The Hall–Kier alpha value is -1.83. The third-order valence-corrected chi connectivity index (χ3v) is 2.53. The van der Waals surface area contributed by atoms with E-state index in [1.165, 1.54) is 0 Å². The molecule has 0 fully saturated rings. The van der Waals surface area contributed by atoms with E-state index in [0.29, 0.717) is 18.1 Å². The van der Waals surface area contributed by atoms with Gasteiger partial charge in [0.25, 0.3) is 0 Å². The lowest BCUT2D eigenvalue weighted by molar-refractivity contribution is -0.135. The van der Waals surface area contributed by atoms with Crippen molar-refractivity contribution in [3.63, 3.8) is 0 Å². The number of ether oxygens (including phenoxy) is 1. The van der Waals surface area contributed by atoms with Crippen molar-refractivity contribution in [2.24, 2.45) is 5.92 Å². The van der Waals surface area contributed by atoms with E-state index in [0.717, 1.165) is 10.8 Å². The summed E-state index contributed by atoms with van der Waals surface area (Å²) in [5, 5.41) is 2.23. The zero-order valence-electron chi connectivity index (χ0n) is 10.1. The van der Waals surface area contributed by atoms with Gasteiger partial charge < -0.3 is 4.74 Å². The minimum atomic E-state index is -0.171. The van der Waals surface area contributed by atoms with Crippen molar-refractivity contribution in [1.82, 2.24) is 0 Å². The number of benzene rings is 2. The first-order chi connectivity index (χ1) is 8.15. The van der Waals surface area contributed by atoms with E-state index in [9.17, 15) is 4.79 Å². The fourth-order valence-corrected chi connectivity index (χ4v) is 1.74. The molecule has 88 valence electrons. The smallest absolute Gasteiger partial charge is 0.311 e. The molecule has 2 nitrogen and oxygen atoms in total. The number of esters is 1. The molecule has 0 spiro atoms. The molecule has 0 heterocycles. The van der Waals surface area contributed by atoms with Crippen LogP contribution in [0.25, 0.3) is 10.8 Å². The molecule has 0 aromatic heterocycles. The number of fused-ring (bicyclic) bond motifs is 1. The van der Waals surface area contributed by atoms with Crippen molar-refractivity contribution in [2.45, 2.75) is 20.3 Å². The molecule has 2 rings (SSSR count). The Kier molecular flexibility index (Phi) is 3.43. The van der Waals surface area contributed by atoms with Crippen LogP contribution in [0.3, 0.4) is 0 Å². The Morgan fingerprint density at radius 1 is 1.12 bits per heavy atom. The minimum Gasteiger partial charge on any atom is -0.426 e. The van der Waals surface area contributed by atoms with Gasteiger partial charge in [-0.3, -0.25) is 4.79 Å². The third-order valence-electron chi connectivity index (χ3n) is 2.53. The highest BCUT2D eigenvalue weighted by Crippen LogP contribution is 2.21. The number of carbonyl (C=O) groups excluding carboxylic acids is 1. The summed E-state index contributed by atoms with van der Waals surface area (Å²) in [6.07, 6.45) is 0.451. The third kappa shape index (κ3) is 3.06. The molecule has 0 radical (unpaired) electrons. The maximum absolute atomic E-state index is 11.5. The van der Waals surface area contributed by atoms with Crippen LogP contribution < -0.4 is 4.74 Å². The fraction of sp³-hybridized carbons (Fsp3) is 0.267. The topological polar surface area (TPSA) is 26.3 Å². The lowest BCUT2D eigenvalue weighted by Gasteiger charge is -2.07. The highest BCUT2D eigenvalue weighted by molar-refractivity contribution is 5.84. The molecule has 2 heteroatoms. The SMILES string of the molecule is CC(C)CC(=O)Oc1ccc2ccccc2c1. The molecule has 0 aliphatic carbocycles. The summed E-state index contributed by atoms with van der Waals surface area (Å²) >= 11 is 0. The molecule has 0 bridgehead atoms. The van der Waals surface area contributed by atoms with Crippen LogP contribution in [0.1, 0.15) is 20.3 Å². The van der Waals surface area contributed by atoms with Crippen molar-refractivity contribution >= 4 is 16.7 Å². The van der Waals surface area contributed by atoms with Gasteiger partial charge in [0.05, 0.1) is 0 Å². The number of hydrogen-bond donors (Lipinski definition) is 0. The van der Waals surface area contributed by atoms with Crippen molar-refractivity contribution in [3.8, 4) is 5.75 Å².